The summed E-state index contributed by atoms with van der Waals surface area (Å²) in [6, 6.07) is 15.0. The van der Waals surface area contributed by atoms with Crippen molar-refractivity contribution < 1.29 is 14.3 Å². The summed E-state index contributed by atoms with van der Waals surface area (Å²) < 4.78 is 6.73. The number of halogens is 1. The summed E-state index contributed by atoms with van der Waals surface area (Å²) in [7, 11) is 0. The highest BCUT2D eigenvalue weighted by Crippen LogP contribution is 2.30. The summed E-state index contributed by atoms with van der Waals surface area (Å²) >= 11 is 6.17. The number of hydrogen-bond donors (Lipinski definition) is 2. The first-order valence-electron chi connectivity index (χ1n) is 8.81. The van der Waals surface area contributed by atoms with Gasteiger partial charge in [-0.15, -0.1) is 0 Å². The molecular weight excluding hydrogens is 394 g/mol. The number of carbonyl (C=O) groups is 2. The van der Waals surface area contributed by atoms with Crippen molar-refractivity contribution in [2.75, 3.05) is 17.2 Å². The largest absolute Gasteiger partial charge is 0.482 e. The molecule has 29 heavy (non-hydrogen) atoms. The van der Waals surface area contributed by atoms with Crippen LogP contribution >= 0.6 is 11.6 Å². The molecule has 2 heterocycles. The Bertz CT molecular complexity index is 1170. The van der Waals surface area contributed by atoms with Gasteiger partial charge in [0.05, 0.1) is 17.8 Å². The fraction of sp³-hybridized carbons (Fsp3) is 0.0952. The summed E-state index contributed by atoms with van der Waals surface area (Å²) in [6.45, 7) is 0.216. The minimum absolute atomic E-state index is 0.0360. The molecule has 1 aromatic heterocycles. The molecule has 0 unspecified atom stereocenters. The van der Waals surface area contributed by atoms with E-state index in [0.29, 0.717) is 27.7 Å². The number of benzene rings is 2. The molecule has 0 bridgehead atoms. The predicted octanol–water partition coefficient (Wildman–Crippen LogP) is 3.13. The molecule has 146 valence electrons. The van der Waals surface area contributed by atoms with Crippen LogP contribution in [0.1, 0.15) is 15.9 Å². The van der Waals surface area contributed by atoms with Crippen LogP contribution in [0.2, 0.25) is 5.02 Å². The highest BCUT2D eigenvalue weighted by molar-refractivity contribution is 6.31. The van der Waals surface area contributed by atoms with Gasteiger partial charge < -0.3 is 19.9 Å². The van der Waals surface area contributed by atoms with Gasteiger partial charge >= 0.3 is 0 Å². The maximum atomic E-state index is 12.7. The van der Waals surface area contributed by atoms with E-state index >= 15 is 0 Å². The van der Waals surface area contributed by atoms with Gasteiger partial charge in [-0.3, -0.25) is 14.4 Å². The van der Waals surface area contributed by atoms with E-state index in [2.05, 4.69) is 10.6 Å². The Morgan fingerprint density at radius 1 is 1.14 bits per heavy atom. The Morgan fingerprint density at radius 2 is 1.97 bits per heavy atom. The van der Waals surface area contributed by atoms with Crippen LogP contribution in [0.25, 0.3) is 0 Å². The Hall–Kier alpha value is -3.58. The number of nitrogens with one attached hydrogen (secondary N) is 2. The number of aromatic nitrogens is 1. The Balaban J connectivity index is 1.55. The fourth-order valence-electron chi connectivity index (χ4n) is 2.96. The first-order valence-corrected chi connectivity index (χ1v) is 9.19. The number of carbonyl (C=O) groups excluding carboxylic acids is 2. The number of pyridine rings is 1. The van der Waals surface area contributed by atoms with Gasteiger partial charge in [0.1, 0.15) is 5.75 Å². The molecule has 2 amide bonds. The molecule has 4 rings (SSSR count). The van der Waals surface area contributed by atoms with Gasteiger partial charge in [0.15, 0.2) is 6.61 Å². The summed E-state index contributed by atoms with van der Waals surface area (Å²) in [5.74, 6) is -0.107. The second kappa shape index (κ2) is 7.81. The van der Waals surface area contributed by atoms with Crippen LogP contribution < -0.4 is 20.9 Å². The van der Waals surface area contributed by atoms with E-state index in [9.17, 15) is 14.4 Å². The van der Waals surface area contributed by atoms with Crippen molar-refractivity contribution in [3.8, 4) is 5.75 Å². The zero-order valence-corrected chi connectivity index (χ0v) is 15.9. The van der Waals surface area contributed by atoms with E-state index in [0.717, 1.165) is 5.56 Å². The standard InChI is InChI=1S/C21H16ClN3O4/c22-16-4-2-1-3-13(16)10-25-11-14(5-8-20(25)27)21(28)23-15-6-7-18-17(9-15)24-19(26)12-29-18/h1-9,11H,10,12H2,(H,23,28)(H,24,26). The third-order valence-corrected chi connectivity index (χ3v) is 4.78. The van der Waals surface area contributed by atoms with Crippen LogP contribution in [0, 0.1) is 0 Å². The van der Waals surface area contributed by atoms with Crippen LogP contribution in [0.5, 0.6) is 5.75 Å². The molecule has 1 aliphatic heterocycles. The predicted molar refractivity (Wildman–Crippen MR) is 110 cm³/mol. The second-order valence-corrected chi connectivity index (χ2v) is 6.88. The number of ether oxygens (including phenoxy) is 1. The number of hydrogen-bond acceptors (Lipinski definition) is 4. The number of amides is 2. The average Bonchev–Trinajstić information content (AvgIpc) is 2.71. The molecule has 0 atom stereocenters. The van der Waals surface area contributed by atoms with E-state index in [1.54, 1.807) is 24.3 Å². The lowest BCUT2D eigenvalue weighted by atomic mass is 10.2. The highest BCUT2D eigenvalue weighted by Gasteiger charge is 2.17. The van der Waals surface area contributed by atoms with Crippen molar-refractivity contribution in [1.29, 1.82) is 0 Å². The molecule has 3 aromatic rings. The lowest BCUT2D eigenvalue weighted by molar-refractivity contribution is -0.118. The number of rotatable bonds is 4. The van der Waals surface area contributed by atoms with Gasteiger partial charge in [0.25, 0.3) is 17.4 Å². The van der Waals surface area contributed by atoms with Gasteiger partial charge in [-0.25, -0.2) is 0 Å². The van der Waals surface area contributed by atoms with E-state index in [4.69, 9.17) is 16.3 Å². The molecule has 2 aromatic carbocycles. The smallest absolute Gasteiger partial charge is 0.262 e. The number of anilines is 2. The zero-order chi connectivity index (χ0) is 20.4. The van der Waals surface area contributed by atoms with Crippen molar-refractivity contribution in [1.82, 2.24) is 4.57 Å². The average molecular weight is 410 g/mol. The molecule has 0 fully saturated rings. The highest BCUT2D eigenvalue weighted by atomic mass is 35.5. The van der Waals surface area contributed by atoms with Gasteiger partial charge in [-0.2, -0.15) is 0 Å². The first kappa shape index (κ1) is 18.8. The quantitative estimate of drug-likeness (QED) is 0.692. The van der Waals surface area contributed by atoms with E-state index in [-0.39, 0.29) is 30.5 Å². The summed E-state index contributed by atoms with van der Waals surface area (Å²) in [6.07, 6.45) is 1.49. The van der Waals surface area contributed by atoms with Crippen molar-refractivity contribution >= 4 is 34.8 Å². The topological polar surface area (TPSA) is 89.4 Å². The Labute approximate surface area is 170 Å². The molecule has 1 aliphatic rings. The number of nitrogens with zero attached hydrogens (tertiary/aromatic N) is 1. The minimum atomic E-state index is -0.388. The summed E-state index contributed by atoms with van der Waals surface area (Å²) in [5.41, 5.74) is 1.83. The van der Waals surface area contributed by atoms with Crippen LogP contribution in [0.3, 0.4) is 0 Å². The molecular formula is C21H16ClN3O4. The van der Waals surface area contributed by atoms with Crippen molar-refractivity contribution in [2.45, 2.75) is 6.54 Å². The molecule has 0 saturated carbocycles. The molecule has 0 radical (unpaired) electrons. The summed E-state index contributed by atoms with van der Waals surface area (Å²) in [4.78, 5) is 36.3. The van der Waals surface area contributed by atoms with Crippen LogP contribution in [0.15, 0.2) is 65.6 Å². The van der Waals surface area contributed by atoms with Crippen molar-refractivity contribution in [2.24, 2.45) is 0 Å². The monoisotopic (exact) mass is 409 g/mol. The van der Waals surface area contributed by atoms with E-state index in [1.165, 1.54) is 22.9 Å². The van der Waals surface area contributed by atoms with Crippen LogP contribution in [-0.2, 0) is 11.3 Å². The van der Waals surface area contributed by atoms with E-state index < -0.39 is 0 Å². The Morgan fingerprint density at radius 3 is 2.79 bits per heavy atom. The van der Waals surface area contributed by atoms with Crippen LogP contribution in [0.4, 0.5) is 11.4 Å². The van der Waals surface area contributed by atoms with Gasteiger partial charge in [0, 0.05) is 23.0 Å². The zero-order valence-electron chi connectivity index (χ0n) is 15.1. The number of fused-ring (bicyclic) bond motifs is 1. The van der Waals surface area contributed by atoms with Crippen molar-refractivity contribution in [3.05, 3.63) is 87.3 Å². The molecule has 2 N–H and O–H groups in total. The SMILES string of the molecule is O=C1COc2ccc(NC(=O)c3ccc(=O)n(Cc4ccccc4Cl)c3)cc2N1. The minimum Gasteiger partial charge on any atom is -0.482 e. The van der Waals surface area contributed by atoms with E-state index in [1.807, 2.05) is 18.2 Å². The lowest BCUT2D eigenvalue weighted by Crippen LogP contribution is -2.25. The normalized spacial score (nSPS) is 12.5. The van der Waals surface area contributed by atoms with Gasteiger partial charge in [-0.1, -0.05) is 29.8 Å². The maximum Gasteiger partial charge on any atom is 0.262 e. The molecule has 7 nitrogen and oxygen atoms in total. The van der Waals surface area contributed by atoms with Gasteiger partial charge in [-0.05, 0) is 35.9 Å². The van der Waals surface area contributed by atoms with Crippen molar-refractivity contribution in [3.63, 3.8) is 0 Å². The van der Waals surface area contributed by atoms with Gasteiger partial charge in [0.2, 0.25) is 0 Å². The fourth-order valence-corrected chi connectivity index (χ4v) is 3.16. The second-order valence-electron chi connectivity index (χ2n) is 6.48. The first-order chi connectivity index (χ1) is 14.0. The third-order valence-electron chi connectivity index (χ3n) is 4.41. The Kier molecular flexibility index (Phi) is 5.05. The molecule has 0 saturated heterocycles. The van der Waals surface area contributed by atoms with Crippen LogP contribution in [-0.4, -0.2) is 23.0 Å². The molecule has 0 spiro atoms. The molecule has 8 heteroatoms. The molecule has 0 aliphatic carbocycles. The third kappa shape index (κ3) is 4.14. The maximum absolute atomic E-state index is 12.7. The lowest BCUT2D eigenvalue weighted by Gasteiger charge is -2.18. The summed E-state index contributed by atoms with van der Waals surface area (Å²) in [5, 5.41) is 6.00.